The molecule has 1 saturated heterocycles. The van der Waals surface area contributed by atoms with Crippen LogP contribution in [0.5, 0.6) is 0 Å². The summed E-state index contributed by atoms with van der Waals surface area (Å²) in [6, 6.07) is 10.2. The minimum atomic E-state index is -4.40. The first-order valence-corrected chi connectivity index (χ1v) is 16.4. The van der Waals surface area contributed by atoms with E-state index in [0.29, 0.717) is 17.9 Å². The van der Waals surface area contributed by atoms with Crippen LogP contribution in [-0.4, -0.2) is 66.1 Å². The predicted octanol–water partition coefficient (Wildman–Crippen LogP) is 8.04. The van der Waals surface area contributed by atoms with Gasteiger partial charge in [-0.15, -0.1) is 5.10 Å². The number of halogens is 3. The zero-order valence-corrected chi connectivity index (χ0v) is 28.1. The van der Waals surface area contributed by atoms with Crippen LogP contribution >= 0.6 is 0 Å². The Balaban J connectivity index is 1.27. The van der Waals surface area contributed by atoms with Crippen molar-refractivity contribution in [2.45, 2.75) is 91.5 Å². The quantitative estimate of drug-likeness (QED) is 0.194. The van der Waals surface area contributed by atoms with E-state index in [0.717, 1.165) is 86.6 Å². The molecule has 1 amide bonds. The first-order valence-electron chi connectivity index (χ1n) is 16.4. The van der Waals surface area contributed by atoms with Crippen LogP contribution in [0.4, 0.5) is 29.5 Å². The van der Waals surface area contributed by atoms with Gasteiger partial charge in [-0.05, 0) is 90.3 Å². The van der Waals surface area contributed by atoms with Crippen molar-refractivity contribution in [3.8, 4) is 0 Å². The van der Waals surface area contributed by atoms with E-state index in [1.165, 1.54) is 19.4 Å². The average Bonchev–Trinajstić information content (AvgIpc) is 2.98. The summed E-state index contributed by atoms with van der Waals surface area (Å²) < 4.78 is 45.9. The summed E-state index contributed by atoms with van der Waals surface area (Å²) in [7, 11) is 0. The molecule has 252 valence electrons. The molecule has 1 atom stereocenters. The number of ether oxygens (including phenoxy) is 1. The van der Waals surface area contributed by atoms with Gasteiger partial charge in [-0.25, -0.2) is 4.79 Å². The Labute approximate surface area is 271 Å². The highest BCUT2D eigenvalue weighted by Gasteiger charge is 2.33. The van der Waals surface area contributed by atoms with Crippen LogP contribution in [0, 0.1) is 13.8 Å². The standard InChI is InChI=1S/C35H49F3N6O2/c1-24-28(13-12-14-31(24)35(36,37)38)25(2)40-32-30-23-27(15-16-29(30)26(3)41-42-32)44-21-19-43(20-22-44)18-11-9-7-8-10-17-39-33(45)46-34(4,5)6/h12-16,23,25H,7-11,17-22H2,1-6H3,(H,39,45)(H,40,42)/t25-/m1/s1. The van der Waals surface area contributed by atoms with Gasteiger partial charge in [0, 0.05) is 49.2 Å². The van der Waals surface area contributed by atoms with E-state index in [1.54, 1.807) is 6.07 Å². The second-order valence-corrected chi connectivity index (χ2v) is 13.3. The van der Waals surface area contributed by atoms with Crippen molar-refractivity contribution in [2.75, 3.05) is 49.5 Å². The number of unbranched alkanes of at least 4 members (excludes halogenated alkanes) is 4. The number of nitrogens with one attached hydrogen (secondary N) is 2. The van der Waals surface area contributed by atoms with Crippen molar-refractivity contribution < 1.29 is 22.7 Å². The fourth-order valence-electron chi connectivity index (χ4n) is 6.02. The molecule has 2 heterocycles. The van der Waals surface area contributed by atoms with Crippen LogP contribution < -0.4 is 15.5 Å². The van der Waals surface area contributed by atoms with Crippen molar-refractivity contribution >= 4 is 28.4 Å². The molecular formula is C35H49F3N6O2. The number of piperazine rings is 1. The van der Waals surface area contributed by atoms with Gasteiger partial charge in [-0.2, -0.15) is 18.3 Å². The number of fused-ring (bicyclic) bond motifs is 1. The Morgan fingerprint density at radius 2 is 1.63 bits per heavy atom. The number of hydrogen-bond donors (Lipinski definition) is 2. The molecule has 2 aromatic carbocycles. The molecule has 0 saturated carbocycles. The van der Waals surface area contributed by atoms with E-state index >= 15 is 0 Å². The number of benzene rings is 2. The lowest BCUT2D eigenvalue weighted by Gasteiger charge is -2.36. The predicted molar refractivity (Wildman–Crippen MR) is 178 cm³/mol. The fraction of sp³-hybridized carbons (Fsp3) is 0.571. The first kappa shape index (κ1) is 35.3. The molecule has 0 spiro atoms. The van der Waals surface area contributed by atoms with Crippen molar-refractivity contribution in [2.24, 2.45) is 0 Å². The lowest BCUT2D eigenvalue weighted by Crippen LogP contribution is -2.46. The SMILES string of the molecule is Cc1c([C@@H](C)Nc2nnc(C)c3ccc(N4CCN(CCCCCCCNC(=O)OC(C)(C)C)CC4)cc23)cccc1C(F)(F)F. The zero-order chi connectivity index (χ0) is 33.5. The van der Waals surface area contributed by atoms with Crippen molar-refractivity contribution in [1.82, 2.24) is 20.4 Å². The van der Waals surface area contributed by atoms with Gasteiger partial charge in [0.15, 0.2) is 5.82 Å². The third-order valence-corrected chi connectivity index (χ3v) is 8.51. The Kier molecular flexibility index (Phi) is 11.7. The second-order valence-electron chi connectivity index (χ2n) is 13.3. The zero-order valence-electron chi connectivity index (χ0n) is 28.1. The average molecular weight is 643 g/mol. The molecule has 8 nitrogen and oxygen atoms in total. The molecule has 0 bridgehead atoms. The highest BCUT2D eigenvalue weighted by molar-refractivity contribution is 5.95. The number of alkyl halides is 3. The number of carbonyl (C=O) groups excluding carboxylic acids is 1. The minimum absolute atomic E-state index is 0.213. The molecular weight excluding hydrogens is 593 g/mol. The highest BCUT2D eigenvalue weighted by atomic mass is 19.4. The molecule has 3 aromatic rings. The maximum atomic E-state index is 13.5. The lowest BCUT2D eigenvalue weighted by molar-refractivity contribution is -0.138. The van der Waals surface area contributed by atoms with Crippen molar-refractivity contribution in [3.63, 3.8) is 0 Å². The van der Waals surface area contributed by atoms with Gasteiger partial charge in [-0.1, -0.05) is 37.5 Å². The summed E-state index contributed by atoms with van der Waals surface area (Å²) in [5, 5.41) is 16.8. The summed E-state index contributed by atoms with van der Waals surface area (Å²) >= 11 is 0. The number of nitrogens with zero attached hydrogens (tertiary/aromatic N) is 4. The normalized spacial score (nSPS) is 15.2. The fourth-order valence-corrected chi connectivity index (χ4v) is 6.02. The van der Waals surface area contributed by atoms with E-state index in [2.05, 4.69) is 48.8 Å². The van der Waals surface area contributed by atoms with Gasteiger partial charge in [-0.3, -0.25) is 4.90 Å². The van der Waals surface area contributed by atoms with E-state index in [1.807, 2.05) is 34.6 Å². The molecule has 0 radical (unpaired) electrons. The number of aryl methyl sites for hydroxylation is 1. The summed E-state index contributed by atoms with van der Waals surface area (Å²) in [5.74, 6) is 0.561. The van der Waals surface area contributed by atoms with Gasteiger partial charge in [0.2, 0.25) is 0 Å². The number of carbonyl (C=O) groups is 1. The number of anilines is 2. The summed E-state index contributed by atoms with van der Waals surface area (Å²) in [4.78, 5) is 16.6. The topological polar surface area (TPSA) is 82.6 Å². The first-order chi connectivity index (χ1) is 21.7. The van der Waals surface area contributed by atoms with Crippen LogP contribution in [0.15, 0.2) is 36.4 Å². The van der Waals surface area contributed by atoms with Crippen LogP contribution in [0.25, 0.3) is 10.8 Å². The number of hydrogen-bond acceptors (Lipinski definition) is 7. The smallest absolute Gasteiger partial charge is 0.416 e. The van der Waals surface area contributed by atoms with Gasteiger partial charge in [0.05, 0.1) is 17.3 Å². The Bertz CT molecular complexity index is 1470. The molecule has 1 aliphatic heterocycles. The van der Waals surface area contributed by atoms with Crippen LogP contribution in [0.3, 0.4) is 0 Å². The van der Waals surface area contributed by atoms with E-state index < -0.39 is 23.4 Å². The third kappa shape index (κ3) is 9.70. The number of amides is 1. The van der Waals surface area contributed by atoms with E-state index in [4.69, 9.17) is 4.74 Å². The van der Waals surface area contributed by atoms with Crippen LogP contribution in [-0.2, 0) is 10.9 Å². The highest BCUT2D eigenvalue weighted by Crippen LogP contribution is 2.36. The number of alkyl carbamates (subject to hydrolysis) is 1. The van der Waals surface area contributed by atoms with E-state index in [9.17, 15) is 18.0 Å². The largest absolute Gasteiger partial charge is 0.444 e. The van der Waals surface area contributed by atoms with Gasteiger partial charge in [0.1, 0.15) is 5.60 Å². The Hall–Kier alpha value is -3.60. The number of rotatable bonds is 12. The molecule has 46 heavy (non-hydrogen) atoms. The van der Waals surface area contributed by atoms with E-state index in [-0.39, 0.29) is 11.7 Å². The molecule has 4 rings (SSSR count). The third-order valence-electron chi connectivity index (χ3n) is 8.51. The van der Waals surface area contributed by atoms with Gasteiger partial charge in [0.25, 0.3) is 0 Å². The van der Waals surface area contributed by atoms with Crippen molar-refractivity contribution in [1.29, 1.82) is 0 Å². The maximum absolute atomic E-state index is 13.5. The van der Waals surface area contributed by atoms with Crippen LogP contribution in [0.2, 0.25) is 0 Å². The van der Waals surface area contributed by atoms with Crippen LogP contribution in [0.1, 0.15) is 88.2 Å². The Morgan fingerprint density at radius 1 is 0.935 bits per heavy atom. The Morgan fingerprint density at radius 3 is 2.33 bits per heavy atom. The van der Waals surface area contributed by atoms with Gasteiger partial charge >= 0.3 is 12.3 Å². The maximum Gasteiger partial charge on any atom is 0.416 e. The monoisotopic (exact) mass is 642 g/mol. The minimum Gasteiger partial charge on any atom is -0.444 e. The second kappa shape index (κ2) is 15.3. The van der Waals surface area contributed by atoms with Gasteiger partial charge < -0.3 is 20.3 Å². The molecule has 1 fully saturated rings. The molecule has 0 aliphatic carbocycles. The molecule has 1 aromatic heterocycles. The lowest BCUT2D eigenvalue weighted by atomic mass is 9.97. The molecule has 2 N–H and O–H groups in total. The summed E-state index contributed by atoms with van der Waals surface area (Å²) in [6.45, 7) is 16.4. The molecule has 11 heteroatoms. The summed E-state index contributed by atoms with van der Waals surface area (Å²) in [5.41, 5.74) is 1.60. The molecule has 1 aliphatic rings. The van der Waals surface area contributed by atoms with Crippen molar-refractivity contribution in [3.05, 3.63) is 58.8 Å². The molecule has 0 unspecified atom stereocenters. The number of aromatic nitrogens is 2. The summed E-state index contributed by atoms with van der Waals surface area (Å²) in [6.07, 6.45) is 0.768.